The van der Waals surface area contributed by atoms with Crippen LogP contribution < -0.4 is 5.73 Å². The number of carbonyl (C=O) groups excluding carboxylic acids is 2. The summed E-state index contributed by atoms with van der Waals surface area (Å²) in [5.41, 5.74) is 5.23. The van der Waals surface area contributed by atoms with Crippen molar-refractivity contribution in [1.29, 1.82) is 0 Å². The normalized spacial score (nSPS) is 25.3. The SMILES string of the molecule is NC(=O)[C@@H]1CCN(C(=O)C2CCN(CC(F)(F)F)CC2)C1. The molecule has 0 bridgehead atoms. The zero-order valence-corrected chi connectivity index (χ0v) is 11.7. The molecule has 120 valence electrons. The zero-order valence-electron chi connectivity index (χ0n) is 11.7. The summed E-state index contributed by atoms with van der Waals surface area (Å²) < 4.78 is 36.9. The maximum Gasteiger partial charge on any atom is 0.401 e. The molecule has 0 aliphatic carbocycles. The van der Waals surface area contributed by atoms with Gasteiger partial charge in [0.1, 0.15) is 0 Å². The molecule has 2 saturated heterocycles. The van der Waals surface area contributed by atoms with E-state index in [2.05, 4.69) is 0 Å². The number of likely N-dealkylation sites (tertiary alicyclic amines) is 2. The number of nitrogens with zero attached hydrogens (tertiary/aromatic N) is 2. The number of piperidine rings is 1. The number of hydrogen-bond donors (Lipinski definition) is 1. The second kappa shape index (κ2) is 6.21. The van der Waals surface area contributed by atoms with Crippen LogP contribution in [0.25, 0.3) is 0 Å². The van der Waals surface area contributed by atoms with Crippen LogP contribution in [-0.4, -0.2) is 60.5 Å². The van der Waals surface area contributed by atoms with Gasteiger partial charge in [0.15, 0.2) is 0 Å². The molecule has 0 unspecified atom stereocenters. The Morgan fingerprint density at radius 2 is 1.62 bits per heavy atom. The van der Waals surface area contributed by atoms with Crippen molar-refractivity contribution in [1.82, 2.24) is 9.80 Å². The molecule has 2 amide bonds. The smallest absolute Gasteiger partial charge is 0.369 e. The summed E-state index contributed by atoms with van der Waals surface area (Å²) in [6.07, 6.45) is -2.74. The fourth-order valence-corrected chi connectivity index (χ4v) is 3.04. The number of nitrogens with two attached hydrogens (primary N) is 1. The van der Waals surface area contributed by atoms with Gasteiger partial charge in [-0.1, -0.05) is 0 Å². The van der Waals surface area contributed by atoms with Crippen LogP contribution in [0.5, 0.6) is 0 Å². The molecule has 0 aromatic heterocycles. The monoisotopic (exact) mass is 307 g/mol. The second-order valence-electron chi connectivity index (χ2n) is 5.84. The van der Waals surface area contributed by atoms with Crippen LogP contribution in [0.2, 0.25) is 0 Å². The van der Waals surface area contributed by atoms with Crippen molar-refractivity contribution < 1.29 is 22.8 Å². The van der Waals surface area contributed by atoms with Gasteiger partial charge in [-0.2, -0.15) is 13.2 Å². The molecule has 2 fully saturated rings. The molecule has 0 saturated carbocycles. The molecule has 0 aromatic rings. The van der Waals surface area contributed by atoms with Crippen LogP contribution in [0, 0.1) is 11.8 Å². The second-order valence-corrected chi connectivity index (χ2v) is 5.84. The molecule has 0 spiro atoms. The summed E-state index contributed by atoms with van der Waals surface area (Å²) >= 11 is 0. The average Bonchev–Trinajstić information content (AvgIpc) is 2.86. The molecule has 2 rings (SSSR count). The topological polar surface area (TPSA) is 66.6 Å². The Hall–Kier alpha value is -1.31. The van der Waals surface area contributed by atoms with Gasteiger partial charge in [0, 0.05) is 19.0 Å². The minimum atomic E-state index is -4.19. The quantitative estimate of drug-likeness (QED) is 0.830. The standard InChI is InChI=1S/C13H20F3N3O2/c14-13(15,16)8-18-4-1-9(2-5-18)12(21)19-6-3-10(7-19)11(17)20/h9-10H,1-8H2,(H2,17,20)/t10-/m1/s1. The molecular weight excluding hydrogens is 287 g/mol. The van der Waals surface area contributed by atoms with Gasteiger partial charge < -0.3 is 10.6 Å². The highest BCUT2D eigenvalue weighted by molar-refractivity contribution is 5.82. The van der Waals surface area contributed by atoms with Gasteiger partial charge in [-0.25, -0.2) is 0 Å². The van der Waals surface area contributed by atoms with E-state index in [4.69, 9.17) is 5.73 Å². The van der Waals surface area contributed by atoms with Crippen LogP contribution >= 0.6 is 0 Å². The Kier molecular flexibility index (Phi) is 4.75. The van der Waals surface area contributed by atoms with Crippen LogP contribution in [0.15, 0.2) is 0 Å². The number of primary amides is 1. The lowest BCUT2D eigenvalue weighted by molar-refractivity contribution is -0.150. The summed E-state index contributed by atoms with van der Waals surface area (Å²) in [6, 6.07) is 0. The molecule has 2 N–H and O–H groups in total. The molecule has 8 heteroatoms. The minimum absolute atomic E-state index is 0.0505. The van der Waals surface area contributed by atoms with Gasteiger partial charge >= 0.3 is 6.18 Å². The van der Waals surface area contributed by atoms with Crippen molar-refractivity contribution in [3.63, 3.8) is 0 Å². The van der Waals surface area contributed by atoms with Crippen molar-refractivity contribution in [3.8, 4) is 0 Å². The third-order valence-electron chi connectivity index (χ3n) is 4.24. The number of hydrogen-bond acceptors (Lipinski definition) is 3. The fraction of sp³-hybridized carbons (Fsp3) is 0.846. The third kappa shape index (κ3) is 4.33. The highest BCUT2D eigenvalue weighted by Crippen LogP contribution is 2.26. The first-order valence-electron chi connectivity index (χ1n) is 7.13. The highest BCUT2D eigenvalue weighted by Gasteiger charge is 2.37. The van der Waals surface area contributed by atoms with E-state index in [1.807, 2.05) is 0 Å². The van der Waals surface area contributed by atoms with E-state index in [1.165, 1.54) is 4.90 Å². The first-order chi connectivity index (χ1) is 9.76. The Labute approximate surface area is 121 Å². The number of amides is 2. The summed E-state index contributed by atoms with van der Waals surface area (Å²) in [6.45, 7) is 0.500. The van der Waals surface area contributed by atoms with E-state index < -0.39 is 18.6 Å². The van der Waals surface area contributed by atoms with Gasteiger partial charge in [0.2, 0.25) is 11.8 Å². The lowest BCUT2D eigenvalue weighted by atomic mass is 9.95. The Morgan fingerprint density at radius 1 is 1.05 bits per heavy atom. The summed E-state index contributed by atoms with van der Waals surface area (Å²) in [5, 5.41) is 0. The van der Waals surface area contributed by atoms with Crippen LogP contribution in [0.3, 0.4) is 0 Å². The van der Waals surface area contributed by atoms with E-state index in [1.54, 1.807) is 4.90 Å². The zero-order chi connectivity index (χ0) is 15.6. The van der Waals surface area contributed by atoms with Crippen molar-refractivity contribution in [2.75, 3.05) is 32.7 Å². The first kappa shape index (κ1) is 16.1. The van der Waals surface area contributed by atoms with Crippen LogP contribution in [0.4, 0.5) is 13.2 Å². The van der Waals surface area contributed by atoms with Gasteiger partial charge in [-0.15, -0.1) is 0 Å². The predicted molar refractivity (Wildman–Crippen MR) is 69.1 cm³/mol. The molecule has 0 aromatic carbocycles. The molecule has 21 heavy (non-hydrogen) atoms. The van der Waals surface area contributed by atoms with Gasteiger partial charge in [-0.3, -0.25) is 14.5 Å². The molecule has 2 heterocycles. The van der Waals surface area contributed by atoms with E-state index in [9.17, 15) is 22.8 Å². The van der Waals surface area contributed by atoms with Gasteiger partial charge in [0.25, 0.3) is 0 Å². The Morgan fingerprint density at radius 3 is 2.10 bits per heavy atom. The van der Waals surface area contributed by atoms with E-state index >= 15 is 0 Å². The highest BCUT2D eigenvalue weighted by atomic mass is 19.4. The molecule has 1 atom stereocenters. The van der Waals surface area contributed by atoms with Crippen LogP contribution in [0.1, 0.15) is 19.3 Å². The van der Waals surface area contributed by atoms with E-state index in [0.717, 1.165) is 0 Å². The number of rotatable bonds is 3. The van der Waals surface area contributed by atoms with Gasteiger partial charge in [0.05, 0.1) is 12.5 Å². The van der Waals surface area contributed by atoms with Gasteiger partial charge in [-0.05, 0) is 32.4 Å². The maximum atomic E-state index is 12.3. The van der Waals surface area contributed by atoms with E-state index in [-0.39, 0.29) is 30.8 Å². The first-order valence-corrected chi connectivity index (χ1v) is 7.13. The molecule has 5 nitrogen and oxygen atoms in total. The van der Waals surface area contributed by atoms with Crippen LogP contribution in [-0.2, 0) is 9.59 Å². The summed E-state index contributed by atoms with van der Waals surface area (Å²) in [7, 11) is 0. The van der Waals surface area contributed by atoms with E-state index in [0.29, 0.717) is 32.4 Å². The number of halogens is 3. The maximum absolute atomic E-state index is 12.3. The molecule has 2 aliphatic heterocycles. The predicted octanol–water partition coefficient (Wildman–Crippen LogP) is 0.594. The average molecular weight is 307 g/mol. The van der Waals surface area contributed by atoms with Crippen molar-refractivity contribution in [2.45, 2.75) is 25.4 Å². The Bertz CT molecular complexity index is 406. The lowest BCUT2D eigenvalue weighted by Crippen LogP contribution is -2.44. The van der Waals surface area contributed by atoms with Crippen molar-refractivity contribution in [2.24, 2.45) is 17.6 Å². The lowest BCUT2D eigenvalue weighted by Gasteiger charge is -2.33. The minimum Gasteiger partial charge on any atom is -0.369 e. The summed E-state index contributed by atoms with van der Waals surface area (Å²) in [5.74, 6) is -0.976. The molecule has 2 aliphatic rings. The number of carbonyl (C=O) groups is 2. The fourth-order valence-electron chi connectivity index (χ4n) is 3.04. The van der Waals surface area contributed by atoms with Crippen molar-refractivity contribution >= 4 is 11.8 Å². The molecule has 0 radical (unpaired) electrons. The largest absolute Gasteiger partial charge is 0.401 e. The Balaban J connectivity index is 1.80. The van der Waals surface area contributed by atoms with Crippen molar-refractivity contribution in [3.05, 3.63) is 0 Å². The third-order valence-corrected chi connectivity index (χ3v) is 4.24. The summed E-state index contributed by atoms with van der Waals surface area (Å²) in [4.78, 5) is 26.3. The molecular formula is C13H20F3N3O2. The number of alkyl halides is 3.